The van der Waals surface area contributed by atoms with Gasteiger partial charge in [-0.1, -0.05) is 18.5 Å². The molecule has 1 saturated heterocycles. The molecule has 1 aliphatic heterocycles. The molecule has 0 radical (unpaired) electrons. The van der Waals surface area contributed by atoms with Gasteiger partial charge in [0.2, 0.25) is 6.41 Å². The van der Waals surface area contributed by atoms with Crippen molar-refractivity contribution in [3.63, 3.8) is 0 Å². The van der Waals surface area contributed by atoms with Gasteiger partial charge >= 0.3 is 0 Å². The molecule has 1 fully saturated rings. The van der Waals surface area contributed by atoms with Crippen molar-refractivity contribution in [1.82, 2.24) is 5.32 Å². The molecule has 0 aliphatic carbocycles. The zero-order valence-corrected chi connectivity index (χ0v) is 10.2. The largest absolute Gasteiger partial charge is 0.328 e. The van der Waals surface area contributed by atoms with Crippen molar-refractivity contribution in [2.45, 2.75) is 12.8 Å². The van der Waals surface area contributed by atoms with Crippen LogP contribution in [0.4, 0.5) is 10.1 Å². The number of benzene rings is 1. The Balaban J connectivity index is 2.42. The zero-order valence-electron chi connectivity index (χ0n) is 9.47. The third-order valence-corrected chi connectivity index (χ3v) is 3.51. The number of carbonyl (C=O) groups is 1. The number of halogens is 2. The van der Waals surface area contributed by atoms with Gasteiger partial charge in [0, 0.05) is 18.2 Å². The van der Waals surface area contributed by atoms with Crippen LogP contribution in [0.1, 0.15) is 18.4 Å². The highest BCUT2D eigenvalue weighted by molar-refractivity contribution is 6.31. The predicted octanol–water partition coefficient (Wildman–Crippen LogP) is 2.37. The zero-order chi connectivity index (χ0) is 12.4. The average molecular weight is 257 g/mol. The Hall–Kier alpha value is -1.13. The standard InChI is InChI=1S/C12H14ClFN2O/c1-7-4-15-5-9(7)8-2-11(14)10(13)3-12(8)16-6-17/h2-3,6-7,9,15H,4-5H2,1H3,(H,16,17)/t7?,9-/m1/s1. The van der Waals surface area contributed by atoms with Crippen LogP contribution in [-0.2, 0) is 4.79 Å². The number of amides is 1. The van der Waals surface area contributed by atoms with Crippen molar-refractivity contribution < 1.29 is 9.18 Å². The molecule has 1 aliphatic rings. The summed E-state index contributed by atoms with van der Waals surface area (Å²) < 4.78 is 13.5. The summed E-state index contributed by atoms with van der Waals surface area (Å²) in [6.07, 6.45) is 0.583. The summed E-state index contributed by atoms with van der Waals surface area (Å²) in [7, 11) is 0. The van der Waals surface area contributed by atoms with Crippen LogP contribution in [0.3, 0.4) is 0 Å². The first kappa shape index (κ1) is 12.3. The van der Waals surface area contributed by atoms with E-state index < -0.39 is 5.82 Å². The molecule has 0 aromatic heterocycles. The second-order valence-corrected chi connectivity index (χ2v) is 4.76. The number of anilines is 1. The third kappa shape index (κ3) is 2.42. The fourth-order valence-corrected chi connectivity index (χ4v) is 2.45. The van der Waals surface area contributed by atoms with Crippen LogP contribution in [0, 0.1) is 11.7 Å². The topological polar surface area (TPSA) is 41.1 Å². The molecule has 0 spiro atoms. The second-order valence-electron chi connectivity index (χ2n) is 4.36. The minimum Gasteiger partial charge on any atom is -0.328 e. The van der Waals surface area contributed by atoms with Gasteiger partial charge < -0.3 is 10.6 Å². The lowest BCUT2D eigenvalue weighted by atomic mass is 9.89. The van der Waals surface area contributed by atoms with Crippen molar-refractivity contribution >= 4 is 23.7 Å². The molecular formula is C12H14ClFN2O. The van der Waals surface area contributed by atoms with Crippen molar-refractivity contribution in [2.24, 2.45) is 5.92 Å². The van der Waals surface area contributed by atoms with Crippen molar-refractivity contribution in [2.75, 3.05) is 18.4 Å². The Kier molecular flexibility index (Phi) is 3.64. The van der Waals surface area contributed by atoms with Crippen LogP contribution in [0.15, 0.2) is 12.1 Å². The fourth-order valence-electron chi connectivity index (χ4n) is 2.28. The van der Waals surface area contributed by atoms with Gasteiger partial charge in [0.15, 0.2) is 0 Å². The summed E-state index contributed by atoms with van der Waals surface area (Å²) in [5.41, 5.74) is 1.39. The smallest absolute Gasteiger partial charge is 0.211 e. The summed E-state index contributed by atoms with van der Waals surface area (Å²) in [6, 6.07) is 2.88. The van der Waals surface area contributed by atoms with Crippen molar-refractivity contribution in [3.05, 3.63) is 28.5 Å². The molecule has 17 heavy (non-hydrogen) atoms. The molecule has 1 heterocycles. The van der Waals surface area contributed by atoms with Gasteiger partial charge in [-0.25, -0.2) is 4.39 Å². The number of rotatable bonds is 3. The van der Waals surface area contributed by atoms with Gasteiger partial charge in [-0.2, -0.15) is 0 Å². The van der Waals surface area contributed by atoms with Gasteiger partial charge in [-0.05, 0) is 30.2 Å². The number of hydrogen-bond acceptors (Lipinski definition) is 2. The normalized spacial score (nSPS) is 23.7. The Labute approximate surface area is 104 Å². The lowest BCUT2D eigenvalue weighted by Crippen LogP contribution is -2.11. The summed E-state index contributed by atoms with van der Waals surface area (Å²) in [5, 5.41) is 5.86. The Morgan fingerprint density at radius 1 is 1.53 bits per heavy atom. The van der Waals surface area contributed by atoms with E-state index in [9.17, 15) is 9.18 Å². The number of hydrogen-bond donors (Lipinski definition) is 2. The van der Waals surface area contributed by atoms with Crippen molar-refractivity contribution in [1.29, 1.82) is 0 Å². The van der Waals surface area contributed by atoms with E-state index in [1.807, 2.05) is 0 Å². The molecule has 3 nitrogen and oxygen atoms in total. The molecule has 0 bridgehead atoms. The van der Waals surface area contributed by atoms with Crippen LogP contribution in [-0.4, -0.2) is 19.5 Å². The molecule has 1 amide bonds. The molecule has 92 valence electrons. The molecular weight excluding hydrogens is 243 g/mol. The van der Waals surface area contributed by atoms with E-state index in [0.717, 1.165) is 18.7 Å². The van der Waals surface area contributed by atoms with E-state index in [2.05, 4.69) is 17.6 Å². The highest BCUT2D eigenvalue weighted by Crippen LogP contribution is 2.35. The molecule has 5 heteroatoms. The summed E-state index contributed by atoms with van der Waals surface area (Å²) in [4.78, 5) is 10.6. The van der Waals surface area contributed by atoms with Crippen LogP contribution >= 0.6 is 11.6 Å². The molecule has 2 rings (SSSR count). The van der Waals surface area contributed by atoms with E-state index in [0.29, 0.717) is 18.0 Å². The van der Waals surface area contributed by atoms with E-state index in [1.165, 1.54) is 12.1 Å². The minimum atomic E-state index is -0.447. The SMILES string of the molecule is CC1CNC[C@H]1c1cc(F)c(Cl)cc1NC=O. The van der Waals surface area contributed by atoms with Crippen LogP contribution < -0.4 is 10.6 Å². The van der Waals surface area contributed by atoms with Gasteiger partial charge in [0.25, 0.3) is 0 Å². The molecule has 1 unspecified atom stereocenters. The van der Waals surface area contributed by atoms with Gasteiger partial charge in [-0.15, -0.1) is 0 Å². The summed E-state index contributed by atoms with van der Waals surface area (Å²) >= 11 is 5.72. The maximum atomic E-state index is 13.5. The van der Waals surface area contributed by atoms with Crippen LogP contribution in [0.2, 0.25) is 5.02 Å². The maximum absolute atomic E-state index is 13.5. The van der Waals surface area contributed by atoms with Gasteiger partial charge in [-0.3, -0.25) is 4.79 Å². The monoisotopic (exact) mass is 256 g/mol. The van der Waals surface area contributed by atoms with Gasteiger partial charge in [0.05, 0.1) is 5.02 Å². The molecule has 1 aromatic rings. The molecule has 2 atom stereocenters. The molecule has 1 aromatic carbocycles. The summed E-state index contributed by atoms with van der Waals surface area (Å²) in [6.45, 7) is 3.78. The quantitative estimate of drug-likeness (QED) is 0.816. The fraction of sp³-hybridized carbons (Fsp3) is 0.417. The number of carbonyl (C=O) groups excluding carboxylic acids is 1. The summed E-state index contributed by atoms with van der Waals surface area (Å²) in [5.74, 6) is 0.157. The Morgan fingerprint density at radius 3 is 2.88 bits per heavy atom. The lowest BCUT2D eigenvalue weighted by molar-refractivity contribution is -0.105. The maximum Gasteiger partial charge on any atom is 0.211 e. The van der Waals surface area contributed by atoms with Crippen LogP contribution in [0.25, 0.3) is 0 Å². The first-order valence-electron chi connectivity index (χ1n) is 5.53. The highest BCUT2D eigenvalue weighted by Gasteiger charge is 2.27. The predicted molar refractivity (Wildman–Crippen MR) is 65.9 cm³/mol. The van der Waals surface area contributed by atoms with E-state index in [4.69, 9.17) is 11.6 Å². The third-order valence-electron chi connectivity index (χ3n) is 3.22. The Bertz CT molecular complexity index is 439. The van der Waals surface area contributed by atoms with E-state index >= 15 is 0 Å². The van der Waals surface area contributed by atoms with Crippen molar-refractivity contribution in [3.8, 4) is 0 Å². The molecule has 2 N–H and O–H groups in total. The highest BCUT2D eigenvalue weighted by atomic mass is 35.5. The molecule has 0 saturated carbocycles. The lowest BCUT2D eigenvalue weighted by Gasteiger charge is -2.18. The van der Waals surface area contributed by atoms with E-state index in [-0.39, 0.29) is 10.9 Å². The minimum absolute atomic E-state index is 0.0247. The first-order valence-corrected chi connectivity index (χ1v) is 5.91. The first-order chi connectivity index (χ1) is 8.13. The number of nitrogens with one attached hydrogen (secondary N) is 2. The average Bonchev–Trinajstić information content (AvgIpc) is 2.70. The van der Waals surface area contributed by atoms with Crippen LogP contribution in [0.5, 0.6) is 0 Å². The van der Waals surface area contributed by atoms with E-state index in [1.54, 1.807) is 0 Å². The Morgan fingerprint density at radius 2 is 2.29 bits per heavy atom. The van der Waals surface area contributed by atoms with Gasteiger partial charge in [0.1, 0.15) is 5.82 Å². The second kappa shape index (κ2) is 5.02.